The number of nitrogens with zero attached hydrogens (tertiary/aromatic N) is 3. The average molecular weight is 426 g/mol. The van der Waals surface area contributed by atoms with Gasteiger partial charge in [-0.25, -0.2) is 4.98 Å². The van der Waals surface area contributed by atoms with E-state index in [2.05, 4.69) is 9.97 Å². The van der Waals surface area contributed by atoms with E-state index in [0.29, 0.717) is 12.2 Å². The lowest BCUT2D eigenvalue weighted by atomic mass is 10.1. The van der Waals surface area contributed by atoms with Crippen LogP contribution in [0, 0.1) is 10.1 Å². The number of rotatable bonds is 8. The van der Waals surface area contributed by atoms with Gasteiger partial charge in [-0.15, -0.1) is 0 Å². The number of nitro groups is 1. The van der Waals surface area contributed by atoms with Gasteiger partial charge in [0.1, 0.15) is 10.9 Å². The van der Waals surface area contributed by atoms with E-state index in [1.54, 1.807) is 18.3 Å². The normalized spacial score (nSPS) is 12.0. The van der Waals surface area contributed by atoms with E-state index in [0.717, 1.165) is 21.3 Å². The van der Waals surface area contributed by atoms with Crippen molar-refractivity contribution < 1.29 is 14.5 Å². The lowest BCUT2D eigenvalue weighted by Gasteiger charge is -2.14. The van der Waals surface area contributed by atoms with Gasteiger partial charge in [0.25, 0.3) is 5.69 Å². The van der Waals surface area contributed by atoms with E-state index in [1.807, 2.05) is 32.0 Å². The molecule has 3 rings (SSSR count). The van der Waals surface area contributed by atoms with Gasteiger partial charge in [-0.3, -0.25) is 19.9 Å². The van der Waals surface area contributed by atoms with Crippen LogP contribution >= 0.6 is 11.8 Å². The van der Waals surface area contributed by atoms with E-state index in [-0.39, 0.29) is 11.6 Å². The van der Waals surface area contributed by atoms with Crippen molar-refractivity contribution in [2.24, 2.45) is 0 Å². The van der Waals surface area contributed by atoms with Gasteiger partial charge in [0.15, 0.2) is 6.10 Å². The smallest absolute Gasteiger partial charge is 0.303 e. The van der Waals surface area contributed by atoms with Gasteiger partial charge in [-0.2, -0.15) is 0 Å². The Hall–Kier alpha value is -3.20. The van der Waals surface area contributed by atoms with Crippen LogP contribution in [0.4, 0.5) is 5.69 Å². The molecule has 1 N–H and O–H groups in total. The van der Waals surface area contributed by atoms with Gasteiger partial charge >= 0.3 is 5.97 Å². The molecule has 0 spiro atoms. The number of carbonyl (C=O) groups is 1. The molecule has 0 aliphatic rings. The Bertz CT molecular complexity index is 1040. The fraction of sp³-hybridized carbons (Fsp3) is 0.286. The Morgan fingerprint density at radius 2 is 2.07 bits per heavy atom. The molecular weight excluding hydrogens is 404 g/mol. The second kappa shape index (κ2) is 9.53. The number of aromatic amines is 1. The van der Waals surface area contributed by atoms with Crippen molar-refractivity contribution in [1.29, 1.82) is 0 Å². The van der Waals surface area contributed by atoms with Crippen LogP contribution in [0.3, 0.4) is 0 Å². The van der Waals surface area contributed by atoms with Crippen LogP contribution in [-0.4, -0.2) is 25.8 Å². The summed E-state index contributed by atoms with van der Waals surface area (Å²) in [7, 11) is 0. The third-order valence-corrected chi connectivity index (χ3v) is 5.25. The summed E-state index contributed by atoms with van der Waals surface area (Å²) in [6, 6.07) is 12.0. The van der Waals surface area contributed by atoms with Crippen molar-refractivity contribution in [1.82, 2.24) is 15.0 Å². The molecular formula is C21H22N4O4S. The maximum Gasteiger partial charge on any atom is 0.303 e. The molecule has 0 saturated carbocycles. The third-order valence-electron chi connectivity index (χ3n) is 4.24. The number of esters is 1. The number of aromatic nitrogens is 3. The first kappa shape index (κ1) is 21.5. The van der Waals surface area contributed by atoms with Crippen molar-refractivity contribution in [3.8, 4) is 0 Å². The summed E-state index contributed by atoms with van der Waals surface area (Å²) in [6.07, 6.45) is 1.45. The minimum atomic E-state index is -0.616. The number of nitro benzene ring substituents is 1. The zero-order valence-electron chi connectivity index (χ0n) is 16.9. The minimum absolute atomic E-state index is 0.0266. The lowest BCUT2D eigenvalue weighted by molar-refractivity contribution is -0.385. The first-order valence-electron chi connectivity index (χ1n) is 9.42. The zero-order chi connectivity index (χ0) is 21.7. The van der Waals surface area contributed by atoms with Crippen LogP contribution in [0.1, 0.15) is 50.0 Å². The van der Waals surface area contributed by atoms with Crippen LogP contribution in [0.5, 0.6) is 0 Å². The maximum atomic E-state index is 11.7. The molecule has 0 saturated heterocycles. The Morgan fingerprint density at radius 3 is 2.70 bits per heavy atom. The first-order chi connectivity index (χ1) is 14.3. The molecule has 0 fully saturated rings. The molecule has 0 aliphatic heterocycles. The molecule has 0 radical (unpaired) electrons. The van der Waals surface area contributed by atoms with Crippen molar-refractivity contribution >= 4 is 23.4 Å². The monoisotopic (exact) mass is 426 g/mol. The second-order valence-corrected chi connectivity index (χ2v) is 8.05. The van der Waals surface area contributed by atoms with Crippen molar-refractivity contribution in [3.05, 3.63) is 76.0 Å². The molecule has 8 nitrogen and oxygen atoms in total. The van der Waals surface area contributed by atoms with Gasteiger partial charge in [0.2, 0.25) is 0 Å². The Balaban J connectivity index is 1.93. The van der Waals surface area contributed by atoms with Crippen molar-refractivity contribution in [3.63, 3.8) is 0 Å². The zero-order valence-corrected chi connectivity index (χ0v) is 17.7. The Kier molecular flexibility index (Phi) is 6.83. The molecule has 3 aromatic rings. The number of H-pyrrole nitrogens is 1. The van der Waals surface area contributed by atoms with Gasteiger partial charge in [0, 0.05) is 42.3 Å². The van der Waals surface area contributed by atoms with Gasteiger partial charge < -0.3 is 9.72 Å². The van der Waals surface area contributed by atoms with E-state index >= 15 is 0 Å². The number of carbonyl (C=O) groups excluding carboxylic acids is 1. The quantitative estimate of drug-likeness (QED) is 0.312. The van der Waals surface area contributed by atoms with Crippen molar-refractivity contribution in [2.75, 3.05) is 0 Å². The summed E-state index contributed by atoms with van der Waals surface area (Å²) >= 11 is 1.36. The van der Waals surface area contributed by atoms with Crippen molar-refractivity contribution in [2.45, 2.75) is 49.1 Å². The van der Waals surface area contributed by atoms with Crippen LogP contribution in [-0.2, 0) is 16.0 Å². The van der Waals surface area contributed by atoms with Crippen LogP contribution in [0.2, 0.25) is 0 Å². The Morgan fingerprint density at radius 1 is 1.27 bits per heavy atom. The molecule has 1 atom stereocenters. The molecule has 1 unspecified atom stereocenters. The molecule has 0 bridgehead atoms. The van der Waals surface area contributed by atoms with E-state index in [4.69, 9.17) is 9.72 Å². The number of nitrogens with one attached hydrogen (secondary N) is 1. The molecule has 0 aliphatic carbocycles. The molecule has 9 heteroatoms. The molecule has 2 heterocycles. The molecule has 2 aromatic heterocycles. The van der Waals surface area contributed by atoms with Crippen LogP contribution in [0.15, 0.2) is 58.6 Å². The van der Waals surface area contributed by atoms with Gasteiger partial charge in [0.05, 0.1) is 10.6 Å². The summed E-state index contributed by atoms with van der Waals surface area (Å²) < 4.78 is 5.52. The molecule has 30 heavy (non-hydrogen) atoms. The highest BCUT2D eigenvalue weighted by atomic mass is 32.2. The molecule has 0 amide bonds. The molecule has 156 valence electrons. The minimum Gasteiger partial charge on any atom is -0.454 e. The number of hydrogen-bond donors (Lipinski definition) is 1. The highest BCUT2D eigenvalue weighted by Gasteiger charge is 2.24. The lowest BCUT2D eigenvalue weighted by Crippen LogP contribution is -2.13. The highest BCUT2D eigenvalue weighted by molar-refractivity contribution is 7.99. The number of hydrogen-bond acceptors (Lipinski definition) is 7. The fourth-order valence-corrected chi connectivity index (χ4v) is 4.00. The summed E-state index contributed by atoms with van der Waals surface area (Å²) in [5.41, 5.74) is 1.61. The standard InChI is InChI=1S/C21H22N4O4S/c1-13(2)19-21(30-17-9-6-8-16(12-17)25(27)28)24-20(23-19)18(29-14(3)26)11-15-7-4-5-10-22-15/h4-10,12-13,18H,11H2,1-3H3,(H,23,24). The second-order valence-electron chi connectivity index (χ2n) is 6.97. The number of non-ortho nitro benzene ring substituents is 1. The Labute approximate surface area is 178 Å². The largest absolute Gasteiger partial charge is 0.454 e. The van der Waals surface area contributed by atoms with Gasteiger partial charge in [-0.05, 0) is 24.1 Å². The topological polar surface area (TPSA) is 111 Å². The SMILES string of the molecule is CC(=O)OC(Cc1ccccn1)c1nc(C(C)C)c(Sc2cccc([N+](=O)[O-])c2)[nH]1. The fourth-order valence-electron chi connectivity index (χ4n) is 2.89. The summed E-state index contributed by atoms with van der Waals surface area (Å²) in [5, 5.41) is 11.8. The molecule has 1 aromatic carbocycles. The number of benzene rings is 1. The van der Waals surface area contributed by atoms with Gasteiger partial charge in [-0.1, -0.05) is 37.7 Å². The third kappa shape index (κ3) is 5.44. The number of ether oxygens (including phenoxy) is 1. The summed E-state index contributed by atoms with van der Waals surface area (Å²) in [5.74, 6) is 0.211. The van der Waals surface area contributed by atoms with E-state index < -0.39 is 17.0 Å². The number of imidazole rings is 1. The van der Waals surface area contributed by atoms with E-state index in [1.165, 1.54) is 30.8 Å². The highest BCUT2D eigenvalue weighted by Crippen LogP contribution is 2.35. The van der Waals surface area contributed by atoms with Crippen LogP contribution in [0.25, 0.3) is 0 Å². The van der Waals surface area contributed by atoms with E-state index in [9.17, 15) is 14.9 Å². The van der Waals surface area contributed by atoms with Crippen LogP contribution < -0.4 is 0 Å². The average Bonchev–Trinajstić information content (AvgIpc) is 3.12. The summed E-state index contributed by atoms with van der Waals surface area (Å²) in [4.78, 5) is 35.3. The number of pyridine rings is 1. The predicted octanol–water partition coefficient (Wildman–Crippen LogP) is 4.83. The predicted molar refractivity (Wildman–Crippen MR) is 112 cm³/mol. The summed E-state index contributed by atoms with van der Waals surface area (Å²) in [6.45, 7) is 5.38. The maximum absolute atomic E-state index is 11.7. The first-order valence-corrected chi connectivity index (χ1v) is 10.2.